The van der Waals surface area contributed by atoms with Crippen molar-refractivity contribution < 1.29 is 22.7 Å². The van der Waals surface area contributed by atoms with Crippen molar-refractivity contribution in [3.05, 3.63) is 0 Å². The number of nitrogens with zero attached hydrogens (tertiary/aromatic N) is 3. The van der Waals surface area contributed by atoms with E-state index in [2.05, 4.69) is 10.2 Å². The van der Waals surface area contributed by atoms with Crippen LogP contribution in [0.4, 0.5) is 4.79 Å². The topological polar surface area (TPSA) is 99.3 Å². The molecule has 138 valence electrons. The van der Waals surface area contributed by atoms with Gasteiger partial charge >= 0.3 is 6.03 Å². The summed E-state index contributed by atoms with van der Waals surface area (Å²) in [5.41, 5.74) is 0. The molecular weight excluding hydrogens is 336 g/mol. The molecule has 24 heavy (non-hydrogen) atoms. The highest BCUT2D eigenvalue weighted by Gasteiger charge is 2.47. The van der Waals surface area contributed by atoms with Gasteiger partial charge in [-0.2, -0.15) is 0 Å². The number of ether oxygens (including phenoxy) is 1. The molecule has 0 aromatic rings. The Labute approximate surface area is 142 Å². The predicted molar refractivity (Wildman–Crippen MR) is 88.5 cm³/mol. The fourth-order valence-electron chi connectivity index (χ4n) is 3.23. The number of carbonyl (C=O) groups is 2. The molecule has 2 atom stereocenters. The Morgan fingerprint density at radius 2 is 1.88 bits per heavy atom. The van der Waals surface area contributed by atoms with Gasteiger partial charge in [0.2, 0.25) is 5.91 Å². The van der Waals surface area contributed by atoms with Crippen LogP contribution >= 0.6 is 0 Å². The van der Waals surface area contributed by atoms with Crippen molar-refractivity contribution in [3.63, 3.8) is 0 Å². The lowest BCUT2D eigenvalue weighted by molar-refractivity contribution is -0.136. The highest BCUT2D eigenvalue weighted by Crippen LogP contribution is 2.26. The van der Waals surface area contributed by atoms with E-state index in [9.17, 15) is 18.0 Å². The number of fused-ring (bicyclic) bond motifs is 1. The number of hydrogen-bond donors (Lipinski definition) is 1. The van der Waals surface area contributed by atoms with E-state index in [4.69, 9.17) is 4.74 Å². The van der Waals surface area contributed by atoms with E-state index in [-0.39, 0.29) is 42.1 Å². The van der Waals surface area contributed by atoms with Crippen LogP contribution in [0.15, 0.2) is 0 Å². The number of urea groups is 1. The maximum atomic E-state index is 12.5. The molecule has 2 heterocycles. The molecule has 2 saturated heterocycles. The van der Waals surface area contributed by atoms with Crippen molar-refractivity contribution in [2.24, 2.45) is 0 Å². The molecule has 2 rings (SSSR count). The SMILES string of the molecule is COCCN1CCN(C(=O)CNC(=O)N(C)C)[C@H]2CS(=O)(=O)C[C@H]21. The third-order valence-corrected chi connectivity index (χ3v) is 6.19. The van der Waals surface area contributed by atoms with Crippen LogP contribution in [0.5, 0.6) is 0 Å². The van der Waals surface area contributed by atoms with Gasteiger partial charge in [-0.15, -0.1) is 0 Å². The summed E-state index contributed by atoms with van der Waals surface area (Å²) in [5.74, 6) is -0.201. The summed E-state index contributed by atoms with van der Waals surface area (Å²) < 4.78 is 29.2. The number of nitrogens with one attached hydrogen (secondary N) is 1. The van der Waals surface area contributed by atoms with E-state index < -0.39 is 9.84 Å². The van der Waals surface area contributed by atoms with E-state index in [1.165, 1.54) is 4.90 Å². The monoisotopic (exact) mass is 362 g/mol. The summed E-state index contributed by atoms with van der Waals surface area (Å²) >= 11 is 0. The van der Waals surface area contributed by atoms with E-state index in [1.807, 2.05) is 0 Å². The van der Waals surface area contributed by atoms with Crippen LogP contribution in [0, 0.1) is 0 Å². The summed E-state index contributed by atoms with van der Waals surface area (Å²) in [7, 11) is 1.62. The second kappa shape index (κ2) is 7.66. The van der Waals surface area contributed by atoms with Crippen molar-refractivity contribution in [1.82, 2.24) is 20.0 Å². The molecule has 10 heteroatoms. The third-order valence-electron chi connectivity index (χ3n) is 4.49. The minimum atomic E-state index is -3.17. The zero-order valence-corrected chi connectivity index (χ0v) is 15.2. The summed E-state index contributed by atoms with van der Waals surface area (Å²) in [5, 5.41) is 2.54. The standard InChI is InChI=1S/C14H26N4O5S/c1-16(2)14(20)15-8-13(19)18-5-4-17(6-7-23-3)11-9-24(21,22)10-12(11)18/h11-12H,4-10H2,1-3H3,(H,15,20)/t11-,12+/m1/s1. The number of methoxy groups -OCH3 is 1. The molecule has 0 unspecified atom stereocenters. The third kappa shape index (κ3) is 4.37. The first-order valence-electron chi connectivity index (χ1n) is 7.93. The normalized spacial score (nSPS) is 26.0. The van der Waals surface area contributed by atoms with E-state index in [0.29, 0.717) is 26.2 Å². The average molecular weight is 362 g/mol. The molecule has 0 spiro atoms. The molecule has 2 aliphatic heterocycles. The Kier molecular flexibility index (Phi) is 6.05. The van der Waals surface area contributed by atoms with Crippen molar-refractivity contribution >= 4 is 21.8 Å². The van der Waals surface area contributed by atoms with Crippen LogP contribution in [0.2, 0.25) is 0 Å². The Morgan fingerprint density at radius 1 is 1.21 bits per heavy atom. The molecule has 0 aliphatic carbocycles. The molecule has 2 aliphatic rings. The highest BCUT2D eigenvalue weighted by molar-refractivity contribution is 7.91. The maximum Gasteiger partial charge on any atom is 0.317 e. The Hall–Kier alpha value is -1.39. The van der Waals surface area contributed by atoms with Crippen molar-refractivity contribution in [2.45, 2.75) is 12.1 Å². The molecule has 2 fully saturated rings. The number of piperazine rings is 1. The number of rotatable bonds is 5. The second-order valence-electron chi connectivity index (χ2n) is 6.38. The van der Waals surface area contributed by atoms with Crippen LogP contribution in [-0.2, 0) is 19.4 Å². The summed E-state index contributed by atoms with van der Waals surface area (Å²) in [6.45, 7) is 2.10. The number of amides is 3. The van der Waals surface area contributed by atoms with Crippen molar-refractivity contribution in [3.8, 4) is 0 Å². The second-order valence-corrected chi connectivity index (χ2v) is 8.53. The van der Waals surface area contributed by atoms with E-state index in [0.717, 1.165) is 0 Å². The lowest BCUT2D eigenvalue weighted by Gasteiger charge is -2.43. The van der Waals surface area contributed by atoms with Crippen LogP contribution in [0.3, 0.4) is 0 Å². The highest BCUT2D eigenvalue weighted by atomic mass is 32.2. The molecule has 3 amide bonds. The van der Waals surface area contributed by atoms with Gasteiger partial charge in [-0.1, -0.05) is 0 Å². The molecule has 0 aromatic heterocycles. The molecule has 0 aromatic carbocycles. The first-order chi connectivity index (χ1) is 11.2. The zero-order chi connectivity index (χ0) is 17.9. The van der Waals surface area contributed by atoms with E-state index >= 15 is 0 Å². The summed E-state index contributed by atoms with van der Waals surface area (Å²) in [4.78, 5) is 29.0. The Bertz CT molecular complexity index is 580. The molecular formula is C14H26N4O5S. The smallest absolute Gasteiger partial charge is 0.317 e. The fraction of sp³-hybridized carbons (Fsp3) is 0.857. The minimum Gasteiger partial charge on any atom is -0.383 e. The van der Waals surface area contributed by atoms with Crippen LogP contribution < -0.4 is 5.32 Å². The fourth-order valence-corrected chi connectivity index (χ4v) is 5.24. The Balaban J connectivity index is 2.04. The summed E-state index contributed by atoms with van der Waals surface area (Å²) in [6.07, 6.45) is 0. The van der Waals surface area contributed by atoms with Gasteiger partial charge < -0.3 is 19.9 Å². The van der Waals surface area contributed by atoms with Gasteiger partial charge in [-0.3, -0.25) is 9.69 Å². The molecule has 9 nitrogen and oxygen atoms in total. The quantitative estimate of drug-likeness (QED) is 0.620. The zero-order valence-electron chi connectivity index (χ0n) is 14.4. The molecule has 0 bridgehead atoms. The van der Waals surface area contributed by atoms with Gasteiger partial charge in [-0.05, 0) is 0 Å². The average Bonchev–Trinajstić information content (AvgIpc) is 2.84. The van der Waals surface area contributed by atoms with Crippen LogP contribution in [0.1, 0.15) is 0 Å². The molecule has 0 saturated carbocycles. The maximum absolute atomic E-state index is 12.5. The van der Waals surface area contributed by atoms with Crippen LogP contribution in [0.25, 0.3) is 0 Å². The first-order valence-corrected chi connectivity index (χ1v) is 9.75. The number of sulfone groups is 1. The summed E-state index contributed by atoms with van der Waals surface area (Å²) in [6, 6.07) is -0.908. The van der Waals surface area contributed by atoms with Crippen molar-refractivity contribution in [1.29, 1.82) is 0 Å². The Morgan fingerprint density at radius 3 is 2.50 bits per heavy atom. The predicted octanol–water partition coefficient (Wildman–Crippen LogP) is -1.79. The molecule has 1 N–H and O–H groups in total. The number of carbonyl (C=O) groups excluding carboxylic acids is 2. The van der Waals surface area contributed by atoms with Gasteiger partial charge in [-0.25, -0.2) is 13.2 Å². The minimum absolute atomic E-state index is 0.0193. The van der Waals surface area contributed by atoms with Crippen LogP contribution in [-0.4, -0.2) is 113 Å². The van der Waals surface area contributed by atoms with Gasteiger partial charge in [0.25, 0.3) is 0 Å². The van der Waals surface area contributed by atoms with Gasteiger partial charge in [0.1, 0.15) is 0 Å². The number of hydrogen-bond acceptors (Lipinski definition) is 6. The van der Waals surface area contributed by atoms with Gasteiger partial charge in [0.05, 0.1) is 30.7 Å². The lowest BCUT2D eigenvalue weighted by Crippen LogP contribution is -2.62. The molecule has 0 radical (unpaired) electrons. The van der Waals surface area contributed by atoms with Gasteiger partial charge in [0.15, 0.2) is 9.84 Å². The first kappa shape index (κ1) is 18.9. The largest absolute Gasteiger partial charge is 0.383 e. The van der Waals surface area contributed by atoms with E-state index in [1.54, 1.807) is 26.1 Å². The lowest BCUT2D eigenvalue weighted by atomic mass is 10.0. The van der Waals surface area contributed by atoms with Crippen molar-refractivity contribution in [2.75, 3.05) is 65.5 Å². The van der Waals surface area contributed by atoms with Gasteiger partial charge in [0, 0.05) is 46.9 Å².